The van der Waals surface area contributed by atoms with Gasteiger partial charge in [-0.1, -0.05) is 13.3 Å². The lowest BCUT2D eigenvalue weighted by Crippen LogP contribution is -2.49. The summed E-state index contributed by atoms with van der Waals surface area (Å²) in [4.78, 5) is 14.2. The molecule has 4 heteroatoms. The van der Waals surface area contributed by atoms with Crippen molar-refractivity contribution in [3.8, 4) is 0 Å². The van der Waals surface area contributed by atoms with Crippen LogP contribution in [0.5, 0.6) is 0 Å². The molecule has 1 aliphatic heterocycles. The van der Waals surface area contributed by atoms with E-state index in [0.717, 1.165) is 45.3 Å². The zero-order valence-electron chi connectivity index (χ0n) is 12.0. The van der Waals surface area contributed by atoms with Crippen molar-refractivity contribution in [2.75, 3.05) is 19.6 Å². The Morgan fingerprint density at radius 3 is 2.50 bits per heavy atom. The second-order valence-corrected chi connectivity index (χ2v) is 5.43. The summed E-state index contributed by atoms with van der Waals surface area (Å²) in [6, 6.07) is -0.0446. The maximum atomic E-state index is 11.9. The first-order chi connectivity index (χ1) is 8.56. The molecule has 1 rings (SSSR count). The van der Waals surface area contributed by atoms with Crippen LogP contribution in [0.15, 0.2) is 0 Å². The summed E-state index contributed by atoms with van der Waals surface area (Å²) in [5.74, 6) is 0.538. The molecule has 2 unspecified atom stereocenters. The first kappa shape index (κ1) is 15.4. The monoisotopic (exact) mass is 256 g/mol. The Morgan fingerprint density at radius 1 is 1.39 bits per heavy atom. The number of nitrogens with one attached hydrogen (secondary N) is 1. The number of aliphatic hydroxyl groups excluding tert-OH is 1. The summed E-state index contributed by atoms with van der Waals surface area (Å²) >= 11 is 0. The maximum Gasteiger partial charge on any atom is 0.237 e. The molecule has 0 aromatic carbocycles. The summed E-state index contributed by atoms with van der Waals surface area (Å²) in [7, 11) is 0. The molecule has 0 aromatic rings. The van der Waals surface area contributed by atoms with Crippen LogP contribution in [0.3, 0.4) is 0 Å². The van der Waals surface area contributed by atoms with Crippen LogP contribution in [0, 0.1) is 5.92 Å². The van der Waals surface area contributed by atoms with E-state index < -0.39 is 0 Å². The van der Waals surface area contributed by atoms with Crippen molar-refractivity contribution in [2.45, 2.75) is 58.6 Å². The van der Waals surface area contributed by atoms with Crippen LogP contribution in [0.1, 0.15) is 46.5 Å². The van der Waals surface area contributed by atoms with E-state index in [9.17, 15) is 9.90 Å². The molecule has 18 heavy (non-hydrogen) atoms. The van der Waals surface area contributed by atoms with Gasteiger partial charge in [-0.3, -0.25) is 9.69 Å². The number of piperidine rings is 1. The number of hydrogen-bond acceptors (Lipinski definition) is 3. The van der Waals surface area contributed by atoms with Crippen LogP contribution in [0.2, 0.25) is 0 Å². The Morgan fingerprint density at radius 2 is 2.00 bits per heavy atom. The average molecular weight is 256 g/mol. The van der Waals surface area contributed by atoms with E-state index >= 15 is 0 Å². The zero-order chi connectivity index (χ0) is 13.5. The average Bonchev–Trinajstić information content (AvgIpc) is 2.38. The van der Waals surface area contributed by atoms with Crippen LogP contribution >= 0.6 is 0 Å². The van der Waals surface area contributed by atoms with Gasteiger partial charge in [0.25, 0.3) is 0 Å². The molecule has 106 valence electrons. The quantitative estimate of drug-likeness (QED) is 0.706. The fraction of sp³-hybridized carbons (Fsp3) is 0.929. The number of hydrogen-bond donors (Lipinski definition) is 2. The maximum absolute atomic E-state index is 11.9. The molecule has 2 atom stereocenters. The van der Waals surface area contributed by atoms with Gasteiger partial charge in [0.05, 0.1) is 12.1 Å². The minimum absolute atomic E-state index is 0.0446. The van der Waals surface area contributed by atoms with E-state index in [1.165, 1.54) is 0 Å². The van der Waals surface area contributed by atoms with Gasteiger partial charge in [0.1, 0.15) is 0 Å². The van der Waals surface area contributed by atoms with Crippen molar-refractivity contribution in [3.63, 3.8) is 0 Å². The van der Waals surface area contributed by atoms with Crippen LogP contribution in [-0.2, 0) is 4.79 Å². The normalized spacial score (nSPS) is 21.6. The number of amides is 1. The number of carbonyl (C=O) groups is 1. The van der Waals surface area contributed by atoms with E-state index in [0.29, 0.717) is 5.92 Å². The predicted octanol–water partition coefficient (Wildman–Crippen LogP) is 1.38. The second-order valence-electron chi connectivity index (χ2n) is 5.43. The lowest BCUT2D eigenvalue weighted by molar-refractivity contribution is -0.126. The highest BCUT2D eigenvalue weighted by Gasteiger charge is 2.27. The SMILES string of the molecule is CCCCNC(=O)C(C)N1CCC(C(C)O)CC1. The number of carbonyl (C=O) groups excluding carboxylic acids is 1. The number of unbranched alkanes of at least 4 members (excludes halogenated alkanes) is 1. The van der Waals surface area contributed by atoms with E-state index in [4.69, 9.17) is 0 Å². The topological polar surface area (TPSA) is 52.6 Å². The van der Waals surface area contributed by atoms with E-state index in [-0.39, 0.29) is 18.1 Å². The molecule has 0 aliphatic carbocycles. The smallest absolute Gasteiger partial charge is 0.237 e. The summed E-state index contributed by atoms with van der Waals surface area (Å²) in [6.45, 7) is 8.57. The zero-order valence-corrected chi connectivity index (χ0v) is 12.0. The fourth-order valence-electron chi connectivity index (χ4n) is 2.49. The largest absolute Gasteiger partial charge is 0.393 e. The summed E-state index contributed by atoms with van der Waals surface area (Å²) < 4.78 is 0. The standard InChI is InChI=1S/C14H28N2O2/c1-4-5-8-15-14(18)11(2)16-9-6-13(7-10-16)12(3)17/h11-13,17H,4-10H2,1-3H3,(H,15,18). The Hall–Kier alpha value is -0.610. The highest BCUT2D eigenvalue weighted by Crippen LogP contribution is 2.21. The van der Waals surface area contributed by atoms with Gasteiger partial charge in [-0.2, -0.15) is 0 Å². The highest BCUT2D eigenvalue weighted by molar-refractivity contribution is 5.81. The molecular weight excluding hydrogens is 228 g/mol. The molecule has 1 saturated heterocycles. The van der Waals surface area contributed by atoms with Crippen LogP contribution < -0.4 is 5.32 Å². The van der Waals surface area contributed by atoms with Gasteiger partial charge in [0.2, 0.25) is 5.91 Å². The Bertz CT molecular complexity index is 248. The molecule has 0 aromatic heterocycles. The van der Waals surface area contributed by atoms with Crippen molar-refractivity contribution in [2.24, 2.45) is 5.92 Å². The Balaban J connectivity index is 2.30. The van der Waals surface area contributed by atoms with Gasteiger partial charge in [-0.25, -0.2) is 0 Å². The fourth-order valence-corrected chi connectivity index (χ4v) is 2.49. The lowest BCUT2D eigenvalue weighted by Gasteiger charge is -2.36. The molecule has 0 saturated carbocycles. The molecule has 1 fully saturated rings. The predicted molar refractivity (Wildman–Crippen MR) is 73.4 cm³/mol. The van der Waals surface area contributed by atoms with Crippen LogP contribution in [-0.4, -0.2) is 47.7 Å². The third-order valence-corrected chi connectivity index (χ3v) is 4.01. The number of likely N-dealkylation sites (tertiary alicyclic amines) is 1. The molecule has 1 aliphatic rings. The van der Waals surface area contributed by atoms with Gasteiger partial charge >= 0.3 is 0 Å². The van der Waals surface area contributed by atoms with Crippen LogP contribution in [0.25, 0.3) is 0 Å². The summed E-state index contributed by atoms with van der Waals surface area (Å²) in [6.07, 6.45) is 3.91. The van der Waals surface area contributed by atoms with Gasteiger partial charge < -0.3 is 10.4 Å². The molecule has 1 amide bonds. The van der Waals surface area contributed by atoms with Crippen molar-refractivity contribution >= 4 is 5.91 Å². The molecule has 0 bridgehead atoms. The molecule has 1 heterocycles. The van der Waals surface area contributed by atoms with E-state index in [2.05, 4.69) is 17.1 Å². The number of rotatable bonds is 6. The first-order valence-corrected chi connectivity index (χ1v) is 7.26. The van der Waals surface area contributed by atoms with Gasteiger partial charge in [-0.05, 0) is 52.1 Å². The summed E-state index contributed by atoms with van der Waals surface area (Å²) in [5.41, 5.74) is 0. The lowest BCUT2D eigenvalue weighted by atomic mass is 9.91. The highest BCUT2D eigenvalue weighted by atomic mass is 16.3. The molecule has 0 radical (unpaired) electrons. The molecule has 2 N–H and O–H groups in total. The van der Waals surface area contributed by atoms with E-state index in [1.54, 1.807) is 0 Å². The Kier molecular flexibility index (Phi) is 6.65. The molecule has 0 spiro atoms. The van der Waals surface area contributed by atoms with Crippen molar-refractivity contribution in [1.29, 1.82) is 0 Å². The molecule has 4 nitrogen and oxygen atoms in total. The third kappa shape index (κ3) is 4.58. The van der Waals surface area contributed by atoms with Gasteiger partial charge in [0.15, 0.2) is 0 Å². The van der Waals surface area contributed by atoms with Gasteiger partial charge in [-0.15, -0.1) is 0 Å². The van der Waals surface area contributed by atoms with Crippen molar-refractivity contribution in [3.05, 3.63) is 0 Å². The van der Waals surface area contributed by atoms with Gasteiger partial charge in [0, 0.05) is 6.54 Å². The van der Waals surface area contributed by atoms with E-state index in [1.807, 2.05) is 13.8 Å². The number of nitrogens with zero attached hydrogens (tertiary/aromatic N) is 1. The van der Waals surface area contributed by atoms with Crippen LogP contribution in [0.4, 0.5) is 0 Å². The first-order valence-electron chi connectivity index (χ1n) is 7.26. The third-order valence-electron chi connectivity index (χ3n) is 4.01. The van der Waals surface area contributed by atoms with Crippen molar-refractivity contribution in [1.82, 2.24) is 10.2 Å². The minimum Gasteiger partial charge on any atom is -0.393 e. The minimum atomic E-state index is -0.221. The van der Waals surface area contributed by atoms with Crippen molar-refractivity contribution < 1.29 is 9.90 Å². The second kappa shape index (κ2) is 7.74. The Labute approximate surface area is 111 Å². The number of aliphatic hydroxyl groups is 1. The molecular formula is C14H28N2O2. The summed E-state index contributed by atoms with van der Waals surface area (Å²) in [5, 5.41) is 12.5.